The highest BCUT2D eigenvalue weighted by Crippen LogP contribution is 2.53. The Labute approximate surface area is 165 Å². The molecule has 5 rings (SSSR count). The first-order chi connectivity index (χ1) is 13.2. The molecule has 4 nitrogen and oxygen atoms in total. The van der Waals surface area contributed by atoms with Crippen LogP contribution in [0.25, 0.3) is 0 Å². The Kier molecular flexibility index (Phi) is 3.65. The first-order valence-electron chi connectivity index (χ1n) is 8.68. The molecule has 0 saturated heterocycles. The summed E-state index contributed by atoms with van der Waals surface area (Å²) in [5.41, 5.74) is 3.04. The fourth-order valence-electron chi connectivity index (χ4n) is 3.94. The van der Waals surface area contributed by atoms with Gasteiger partial charge in [-0.25, -0.2) is 0 Å². The highest BCUT2D eigenvalue weighted by molar-refractivity contribution is 9.10. The van der Waals surface area contributed by atoms with Gasteiger partial charge in [-0.1, -0.05) is 87.8 Å². The third kappa shape index (κ3) is 2.35. The minimum absolute atomic E-state index is 0.195. The largest absolute Gasteiger partial charge is 0.373 e. The van der Waals surface area contributed by atoms with Crippen molar-refractivity contribution in [3.63, 3.8) is 0 Å². The van der Waals surface area contributed by atoms with E-state index in [-0.39, 0.29) is 11.8 Å². The van der Waals surface area contributed by atoms with Gasteiger partial charge in [0.2, 0.25) is 0 Å². The summed E-state index contributed by atoms with van der Waals surface area (Å²) in [7, 11) is 0. The third-order valence-corrected chi connectivity index (χ3v) is 5.63. The molecule has 27 heavy (non-hydrogen) atoms. The van der Waals surface area contributed by atoms with E-state index in [0.29, 0.717) is 0 Å². The van der Waals surface area contributed by atoms with Gasteiger partial charge in [-0.05, 0) is 17.7 Å². The molecule has 0 aliphatic carbocycles. The van der Waals surface area contributed by atoms with Crippen molar-refractivity contribution in [2.75, 3.05) is 5.32 Å². The maximum absolute atomic E-state index is 13.2. The zero-order chi connectivity index (χ0) is 18.4. The normalized spacial score (nSPS) is 22.9. The van der Waals surface area contributed by atoms with Gasteiger partial charge >= 0.3 is 0 Å². The van der Waals surface area contributed by atoms with Crippen molar-refractivity contribution in [2.24, 2.45) is 5.16 Å². The van der Waals surface area contributed by atoms with Crippen molar-refractivity contribution in [3.8, 4) is 0 Å². The van der Waals surface area contributed by atoms with E-state index in [4.69, 9.17) is 4.84 Å². The number of carbonyl (C=O) groups excluding carboxylic acids is 1. The van der Waals surface area contributed by atoms with E-state index in [1.54, 1.807) is 0 Å². The molecule has 1 spiro atoms. The summed E-state index contributed by atoms with van der Waals surface area (Å²) in [5, 5.41) is 7.39. The summed E-state index contributed by atoms with van der Waals surface area (Å²) in [6.07, 6.45) is 0. The smallest absolute Gasteiger partial charge is 0.277 e. The molecule has 5 heteroatoms. The average Bonchev–Trinajstić information content (AvgIpc) is 3.22. The highest BCUT2D eigenvalue weighted by Gasteiger charge is 2.61. The number of rotatable bonds is 2. The van der Waals surface area contributed by atoms with Gasteiger partial charge in [0.25, 0.3) is 11.5 Å². The van der Waals surface area contributed by atoms with Crippen LogP contribution in [0.3, 0.4) is 0 Å². The summed E-state index contributed by atoms with van der Waals surface area (Å²) in [5.74, 6) is -0.539. The van der Waals surface area contributed by atoms with Crippen LogP contribution in [0.1, 0.15) is 22.6 Å². The van der Waals surface area contributed by atoms with E-state index in [1.165, 1.54) is 0 Å². The molecule has 0 bridgehead atoms. The van der Waals surface area contributed by atoms with Crippen molar-refractivity contribution < 1.29 is 9.63 Å². The van der Waals surface area contributed by atoms with Gasteiger partial charge in [-0.3, -0.25) is 4.79 Å². The molecule has 0 unspecified atom stereocenters. The number of benzene rings is 3. The fraction of sp³-hybridized carbons (Fsp3) is 0.0909. The van der Waals surface area contributed by atoms with Gasteiger partial charge in [0, 0.05) is 21.3 Å². The standard InChI is InChI=1S/C22H15BrN2O2/c23-16-11-12-17-18(13-16)24-21(26)22(17)19(14-7-3-1-4-8-14)20(25-27-22)15-9-5-2-6-10-15/h1-13,19H,(H,24,26)/t19-,22-/m1/s1. The molecule has 0 fully saturated rings. The number of oxime groups is 1. The highest BCUT2D eigenvalue weighted by atomic mass is 79.9. The van der Waals surface area contributed by atoms with Crippen LogP contribution in [-0.4, -0.2) is 11.6 Å². The number of nitrogens with one attached hydrogen (secondary N) is 1. The number of carbonyl (C=O) groups is 1. The van der Waals surface area contributed by atoms with Crippen LogP contribution in [0.4, 0.5) is 5.69 Å². The summed E-state index contributed by atoms with van der Waals surface area (Å²) < 4.78 is 0.900. The average molecular weight is 419 g/mol. The number of anilines is 1. The van der Waals surface area contributed by atoms with Crippen molar-refractivity contribution in [3.05, 3.63) is 100 Å². The van der Waals surface area contributed by atoms with Crippen LogP contribution < -0.4 is 5.32 Å². The zero-order valence-electron chi connectivity index (χ0n) is 14.2. The zero-order valence-corrected chi connectivity index (χ0v) is 15.8. The third-order valence-electron chi connectivity index (χ3n) is 5.14. The lowest BCUT2D eigenvalue weighted by Gasteiger charge is -2.28. The molecule has 3 aromatic carbocycles. The monoisotopic (exact) mass is 418 g/mol. The molecular weight excluding hydrogens is 404 g/mol. The Hall–Kier alpha value is -2.92. The molecule has 132 valence electrons. The number of halogens is 1. The second-order valence-corrected chi connectivity index (χ2v) is 7.57. The first kappa shape index (κ1) is 16.3. The minimum atomic E-state index is -1.21. The maximum atomic E-state index is 13.2. The molecular formula is C22H15BrN2O2. The summed E-state index contributed by atoms with van der Waals surface area (Å²) >= 11 is 3.47. The summed E-state index contributed by atoms with van der Waals surface area (Å²) in [4.78, 5) is 19.2. The Morgan fingerprint density at radius 1 is 0.963 bits per heavy atom. The lowest BCUT2D eigenvalue weighted by molar-refractivity contribution is -0.139. The van der Waals surface area contributed by atoms with Gasteiger partial charge in [-0.15, -0.1) is 0 Å². The van der Waals surface area contributed by atoms with Crippen LogP contribution in [0.2, 0.25) is 0 Å². The van der Waals surface area contributed by atoms with Gasteiger partial charge in [0.05, 0.1) is 11.6 Å². The number of fused-ring (bicyclic) bond motifs is 2. The lowest BCUT2D eigenvalue weighted by Crippen LogP contribution is -2.41. The molecule has 1 amide bonds. The van der Waals surface area contributed by atoms with Crippen molar-refractivity contribution in [1.29, 1.82) is 0 Å². The second kappa shape index (κ2) is 6.06. The van der Waals surface area contributed by atoms with Crippen molar-refractivity contribution in [1.82, 2.24) is 0 Å². The SMILES string of the molecule is O=C1Nc2cc(Br)ccc2[C@]12ON=C(c1ccccc1)[C@H]2c1ccccc1. The van der Waals surface area contributed by atoms with Crippen molar-refractivity contribution >= 4 is 33.2 Å². The van der Waals surface area contributed by atoms with E-state index in [2.05, 4.69) is 26.4 Å². The maximum Gasteiger partial charge on any atom is 0.277 e. The minimum Gasteiger partial charge on any atom is -0.373 e. The molecule has 3 aromatic rings. The van der Waals surface area contributed by atoms with Gasteiger partial charge < -0.3 is 10.2 Å². The topological polar surface area (TPSA) is 50.7 Å². The predicted molar refractivity (Wildman–Crippen MR) is 108 cm³/mol. The van der Waals surface area contributed by atoms with E-state index in [9.17, 15) is 4.79 Å². The van der Waals surface area contributed by atoms with E-state index < -0.39 is 5.60 Å². The summed E-state index contributed by atoms with van der Waals surface area (Å²) in [6.45, 7) is 0. The number of hydrogen-bond acceptors (Lipinski definition) is 3. The van der Waals surface area contributed by atoms with Gasteiger partial charge in [0.1, 0.15) is 0 Å². The van der Waals surface area contributed by atoms with Crippen LogP contribution in [0, 0.1) is 0 Å². The molecule has 0 aromatic heterocycles. The Balaban J connectivity index is 1.74. The molecule has 0 radical (unpaired) electrons. The number of hydrogen-bond donors (Lipinski definition) is 1. The number of nitrogens with zero attached hydrogens (tertiary/aromatic N) is 1. The van der Waals surface area contributed by atoms with Gasteiger partial charge in [-0.2, -0.15) is 0 Å². The quantitative estimate of drug-likeness (QED) is 0.648. The Morgan fingerprint density at radius 2 is 1.67 bits per heavy atom. The molecule has 1 N–H and O–H groups in total. The molecule has 2 aliphatic rings. The van der Waals surface area contributed by atoms with E-state index in [1.807, 2.05) is 78.9 Å². The Morgan fingerprint density at radius 3 is 2.41 bits per heavy atom. The van der Waals surface area contributed by atoms with Crippen LogP contribution in [0.5, 0.6) is 0 Å². The lowest BCUT2D eigenvalue weighted by atomic mass is 9.74. The second-order valence-electron chi connectivity index (χ2n) is 6.66. The van der Waals surface area contributed by atoms with Crippen LogP contribution in [0.15, 0.2) is 88.5 Å². The molecule has 2 atom stereocenters. The van der Waals surface area contributed by atoms with Gasteiger partial charge in [0.15, 0.2) is 0 Å². The molecule has 2 heterocycles. The van der Waals surface area contributed by atoms with E-state index in [0.717, 1.165) is 32.6 Å². The summed E-state index contributed by atoms with van der Waals surface area (Å²) in [6, 6.07) is 25.6. The van der Waals surface area contributed by atoms with Crippen LogP contribution in [-0.2, 0) is 15.2 Å². The molecule has 0 saturated carbocycles. The van der Waals surface area contributed by atoms with Crippen molar-refractivity contribution in [2.45, 2.75) is 11.5 Å². The molecule has 2 aliphatic heterocycles. The number of amides is 1. The predicted octanol–water partition coefficient (Wildman–Crippen LogP) is 4.81. The first-order valence-corrected chi connectivity index (χ1v) is 9.47. The van der Waals surface area contributed by atoms with Crippen LogP contribution >= 0.6 is 15.9 Å². The fourth-order valence-corrected chi connectivity index (χ4v) is 4.31. The Bertz CT molecular complexity index is 1070. The van der Waals surface area contributed by atoms with E-state index >= 15 is 0 Å².